The van der Waals surface area contributed by atoms with E-state index in [4.69, 9.17) is 0 Å². The van der Waals surface area contributed by atoms with E-state index < -0.39 is 14.9 Å². The molecule has 6 nitrogen and oxygen atoms in total. The highest BCUT2D eigenvalue weighted by Gasteiger charge is 2.22. The van der Waals surface area contributed by atoms with Gasteiger partial charge in [0.2, 0.25) is 10.0 Å². The first kappa shape index (κ1) is 17.1. The lowest BCUT2D eigenvalue weighted by molar-refractivity contribution is -0.385. The highest BCUT2D eigenvalue weighted by Crippen LogP contribution is 2.22. The second-order valence-corrected chi connectivity index (χ2v) is 6.96. The first-order valence-electron chi connectivity index (χ1n) is 7.17. The van der Waals surface area contributed by atoms with Crippen molar-refractivity contribution in [1.82, 2.24) is 4.72 Å². The van der Waals surface area contributed by atoms with Gasteiger partial charge in [-0.25, -0.2) is 13.1 Å². The van der Waals surface area contributed by atoms with Crippen molar-refractivity contribution >= 4 is 15.7 Å². The van der Waals surface area contributed by atoms with Gasteiger partial charge in [0.1, 0.15) is 0 Å². The van der Waals surface area contributed by atoms with Crippen LogP contribution in [0.15, 0.2) is 53.4 Å². The number of aryl methyl sites for hydroxylation is 1. The summed E-state index contributed by atoms with van der Waals surface area (Å²) in [5, 5.41) is 10.8. The van der Waals surface area contributed by atoms with Gasteiger partial charge in [-0.1, -0.05) is 42.8 Å². The van der Waals surface area contributed by atoms with Gasteiger partial charge >= 0.3 is 0 Å². The molecule has 1 atom stereocenters. The average molecular weight is 334 g/mol. The summed E-state index contributed by atoms with van der Waals surface area (Å²) >= 11 is 0. The SMILES string of the molecule is CCC(NS(=O)(=O)c1cccc([N+](=O)[O-])c1)c1ccc(C)cc1. The predicted octanol–water partition coefficient (Wildman–Crippen LogP) is 3.33. The Bertz CT molecular complexity index is 801. The van der Waals surface area contributed by atoms with Gasteiger partial charge in [0, 0.05) is 18.2 Å². The van der Waals surface area contributed by atoms with Crippen molar-refractivity contribution in [3.8, 4) is 0 Å². The van der Waals surface area contributed by atoms with E-state index in [1.165, 1.54) is 18.2 Å². The van der Waals surface area contributed by atoms with Gasteiger partial charge in [-0.3, -0.25) is 10.1 Å². The molecule has 122 valence electrons. The lowest BCUT2D eigenvalue weighted by Gasteiger charge is -2.17. The van der Waals surface area contributed by atoms with Crippen LogP contribution >= 0.6 is 0 Å². The standard InChI is InChI=1S/C16H18N2O4S/c1-3-16(13-9-7-12(2)8-10-13)17-23(21,22)15-6-4-5-14(11-15)18(19)20/h4-11,16-17H,3H2,1-2H3. The molecule has 0 spiro atoms. The first-order chi connectivity index (χ1) is 10.8. The van der Waals surface area contributed by atoms with Gasteiger partial charge in [-0.15, -0.1) is 0 Å². The average Bonchev–Trinajstić information content (AvgIpc) is 2.53. The first-order valence-corrected chi connectivity index (χ1v) is 8.65. The zero-order valence-corrected chi connectivity index (χ0v) is 13.7. The van der Waals surface area contributed by atoms with Crippen molar-refractivity contribution in [2.75, 3.05) is 0 Å². The number of hydrogen-bond donors (Lipinski definition) is 1. The fourth-order valence-corrected chi connectivity index (χ4v) is 3.55. The highest BCUT2D eigenvalue weighted by atomic mass is 32.2. The molecule has 0 aliphatic rings. The van der Waals surface area contributed by atoms with Crippen molar-refractivity contribution in [3.05, 3.63) is 69.8 Å². The van der Waals surface area contributed by atoms with Crippen LogP contribution in [0.3, 0.4) is 0 Å². The van der Waals surface area contributed by atoms with Crippen molar-refractivity contribution in [3.63, 3.8) is 0 Å². The van der Waals surface area contributed by atoms with Gasteiger partial charge in [0.05, 0.1) is 9.82 Å². The van der Waals surface area contributed by atoms with E-state index in [0.717, 1.165) is 17.2 Å². The number of nitrogens with one attached hydrogen (secondary N) is 1. The molecule has 0 aliphatic heterocycles. The number of sulfonamides is 1. The highest BCUT2D eigenvalue weighted by molar-refractivity contribution is 7.89. The molecular weight excluding hydrogens is 316 g/mol. The zero-order chi connectivity index (χ0) is 17.0. The van der Waals surface area contributed by atoms with Crippen LogP contribution in [0, 0.1) is 17.0 Å². The van der Waals surface area contributed by atoms with Gasteiger partial charge < -0.3 is 0 Å². The Labute approximate surface area is 135 Å². The molecule has 0 fully saturated rings. The molecule has 0 bridgehead atoms. The Balaban J connectivity index is 2.30. The second kappa shape index (κ2) is 6.89. The number of non-ortho nitro benzene ring substituents is 1. The summed E-state index contributed by atoms with van der Waals surface area (Å²) in [7, 11) is -3.84. The molecule has 0 heterocycles. The maximum Gasteiger partial charge on any atom is 0.270 e. The van der Waals surface area contributed by atoms with E-state index in [-0.39, 0.29) is 16.6 Å². The largest absolute Gasteiger partial charge is 0.270 e. The van der Waals surface area contributed by atoms with Crippen LogP contribution in [0.5, 0.6) is 0 Å². The molecule has 2 aromatic carbocycles. The van der Waals surface area contributed by atoms with Crippen LogP contribution < -0.4 is 4.72 Å². The maximum atomic E-state index is 12.5. The Kier molecular flexibility index (Phi) is 5.12. The van der Waals surface area contributed by atoms with Gasteiger partial charge in [-0.2, -0.15) is 0 Å². The van der Waals surface area contributed by atoms with Gasteiger partial charge in [0.25, 0.3) is 5.69 Å². The number of hydrogen-bond acceptors (Lipinski definition) is 4. The van der Waals surface area contributed by atoms with E-state index >= 15 is 0 Å². The summed E-state index contributed by atoms with van der Waals surface area (Å²) in [6, 6.07) is 12.2. The minimum atomic E-state index is -3.84. The minimum absolute atomic E-state index is 0.114. The van der Waals surface area contributed by atoms with E-state index in [1.54, 1.807) is 0 Å². The van der Waals surface area contributed by atoms with Crippen LogP contribution in [-0.4, -0.2) is 13.3 Å². The lowest BCUT2D eigenvalue weighted by atomic mass is 10.0. The minimum Gasteiger partial charge on any atom is -0.258 e. The molecule has 2 aromatic rings. The summed E-state index contributed by atoms with van der Waals surface area (Å²) in [6.45, 7) is 3.83. The molecule has 0 aliphatic carbocycles. The zero-order valence-electron chi connectivity index (χ0n) is 12.9. The molecule has 0 saturated carbocycles. The van der Waals surface area contributed by atoms with Crippen LogP contribution in [-0.2, 0) is 10.0 Å². The van der Waals surface area contributed by atoms with Crippen LogP contribution in [0.1, 0.15) is 30.5 Å². The molecule has 7 heteroatoms. The monoisotopic (exact) mass is 334 g/mol. The molecule has 0 aromatic heterocycles. The number of nitro benzene ring substituents is 1. The number of rotatable bonds is 6. The van der Waals surface area contributed by atoms with Crippen molar-refractivity contribution < 1.29 is 13.3 Å². The summed E-state index contributed by atoms with van der Waals surface area (Å²) < 4.78 is 27.6. The predicted molar refractivity (Wildman–Crippen MR) is 87.6 cm³/mol. The molecule has 1 N–H and O–H groups in total. The topological polar surface area (TPSA) is 89.3 Å². The molecule has 1 unspecified atom stereocenters. The Morgan fingerprint density at radius 2 is 1.83 bits per heavy atom. The maximum absolute atomic E-state index is 12.5. The molecule has 0 amide bonds. The van der Waals surface area contributed by atoms with Crippen LogP contribution in [0.4, 0.5) is 5.69 Å². The fourth-order valence-electron chi connectivity index (χ4n) is 2.21. The number of nitro groups is 1. The lowest BCUT2D eigenvalue weighted by Crippen LogP contribution is -2.28. The van der Waals surface area contributed by atoms with E-state index in [1.807, 2.05) is 38.1 Å². The molecular formula is C16H18N2O4S. The fraction of sp³-hybridized carbons (Fsp3) is 0.250. The van der Waals surface area contributed by atoms with Crippen LogP contribution in [0.2, 0.25) is 0 Å². The van der Waals surface area contributed by atoms with Gasteiger partial charge in [0.15, 0.2) is 0 Å². The smallest absolute Gasteiger partial charge is 0.258 e. The third-order valence-corrected chi connectivity index (χ3v) is 4.99. The normalized spacial score (nSPS) is 12.8. The van der Waals surface area contributed by atoms with E-state index in [0.29, 0.717) is 6.42 Å². The van der Waals surface area contributed by atoms with Crippen molar-refractivity contribution in [2.24, 2.45) is 0 Å². The summed E-state index contributed by atoms with van der Waals surface area (Å²) in [5.74, 6) is 0. The third kappa shape index (κ3) is 4.14. The molecule has 0 saturated heterocycles. The molecule has 23 heavy (non-hydrogen) atoms. The summed E-state index contributed by atoms with van der Waals surface area (Å²) in [4.78, 5) is 10.1. The summed E-state index contributed by atoms with van der Waals surface area (Å²) in [6.07, 6.45) is 0.567. The van der Waals surface area contributed by atoms with Crippen LogP contribution in [0.25, 0.3) is 0 Å². The number of benzene rings is 2. The third-order valence-electron chi connectivity index (χ3n) is 3.52. The Morgan fingerprint density at radius 3 is 2.39 bits per heavy atom. The molecule has 0 radical (unpaired) electrons. The quantitative estimate of drug-likeness (QED) is 0.648. The summed E-state index contributed by atoms with van der Waals surface area (Å²) in [5.41, 5.74) is 1.69. The van der Waals surface area contributed by atoms with Crippen molar-refractivity contribution in [1.29, 1.82) is 0 Å². The van der Waals surface area contributed by atoms with Gasteiger partial charge in [-0.05, 0) is 25.0 Å². The Hall–Kier alpha value is -2.25. The number of nitrogens with zero attached hydrogens (tertiary/aromatic N) is 1. The second-order valence-electron chi connectivity index (χ2n) is 5.25. The van der Waals surface area contributed by atoms with E-state index in [9.17, 15) is 18.5 Å². The Morgan fingerprint density at radius 1 is 1.17 bits per heavy atom. The molecule has 2 rings (SSSR count). The van der Waals surface area contributed by atoms with Crippen molar-refractivity contribution in [2.45, 2.75) is 31.2 Å². The van der Waals surface area contributed by atoms with E-state index in [2.05, 4.69) is 4.72 Å².